The molecular weight excluding hydrogens is 407 g/mol. The van der Waals surface area contributed by atoms with Crippen molar-refractivity contribution in [3.8, 4) is 5.69 Å². The SMILES string of the molecule is CCCn1c(=O)[nH]c(=O)n(-c2ccc(Sc3ccc(C(F)(F)F)cc3)cc2)c1=O. The maximum Gasteiger partial charge on any atom is 0.416 e. The van der Waals surface area contributed by atoms with E-state index in [4.69, 9.17) is 0 Å². The van der Waals surface area contributed by atoms with E-state index in [0.29, 0.717) is 16.2 Å². The lowest BCUT2D eigenvalue weighted by Gasteiger charge is -2.09. The summed E-state index contributed by atoms with van der Waals surface area (Å²) in [5, 5.41) is 0. The molecule has 0 saturated heterocycles. The van der Waals surface area contributed by atoms with Gasteiger partial charge in [-0.25, -0.2) is 23.5 Å². The summed E-state index contributed by atoms with van der Waals surface area (Å²) in [6, 6.07) is 11.1. The predicted molar refractivity (Wildman–Crippen MR) is 103 cm³/mol. The fourth-order valence-corrected chi connectivity index (χ4v) is 3.49. The Labute approximate surface area is 166 Å². The standard InChI is InChI=1S/C19H16F3N3O3S/c1-2-11-24-16(26)23-17(27)25(18(24)28)13-5-9-15(10-6-13)29-14-7-3-12(4-8-14)19(20,21)22/h3-10H,2,11H2,1H3,(H,23,26,27). The molecule has 0 saturated carbocycles. The summed E-state index contributed by atoms with van der Waals surface area (Å²) in [6.07, 6.45) is -3.84. The summed E-state index contributed by atoms with van der Waals surface area (Å²) >= 11 is 1.24. The van der Waals surface area contributed by atoms with Crippen LogP contribution < -0.4 is 17.1 Å². The van der Waals surface area contributed by atoms with Gasteiger partial charge in [0.2, 0.25) is 0 Å². The van der Waals surface area contributed by atoms with E-state index in [2.05, 4.69) is 4.98 Å². The van der Waals surface area contributed by atoms with Crippen LogP contribution in [0.2, 0.25) is 0 Å². The first kappa shape index (κ1) is 20.7. The van der Waals surface area contributed by atoms with Gasteiger partial charge in [0.05, 0.1) is 11.3 Å². The van der Waals surface area contributed by atoms with Crippen molar-refractivity contribution in [3.63, 3.8) is 0 Å². The van der Waals surface area contributed by atoms with Crippen LogP contribution in [0.25, 0.3) is 5.69 Å². The molecule has 0 atom stereocenters. The highest BCUT2D eigenvalue weighted by Crippen LogP contribution is 2.33. The average Bonchev–Trinajstić information content (AvgIpc) is 2.66. The largest absolute Gasteiger partial charge is 0.416 e. The number of hydrogen-bond acceptors (Lipinski definition) is 4. The fraction of sp³-hybridized carbons (Fsp3) is 0.211. The van der Waals surface area contributed by atoms with Gasteiger partial charge in [-0.3, -0.25) is 4.98 Å². The molecule has 0 radical (unpaired) electrons. The molecule has 3 rings (SSSR count). The number of nitrogens with zero attached hydrogens (tertiary/aromatic N) is 2. The molecule has 0 unspecified atom stereocenters. The van der Waals surface area contributed by atoms with Gasteiger partial charge in [0.15, 0.2) is 0 Å². The first-order chi connectivity index (χ1) is 13.7. The summed E-state index contributed by atoms with van der Waals surface area (Å²) in [5.74, 6) is 0. The number of halogens is 3. The Balaban J connectivity index is 1.88. The van der Waals surface area contributed by atoms with E-state index in [9.17, 15) is 27.6 Å². The number of hydrogen-bond donors (Lipinski definition) is 1. The quantitative estimate of drug-likeness (QED) is 0.684. The van der Waals surface area contributed by atoms with Crippen LogP contribution in [0, 0.1) is 0 Å². The lowest BCUT2D eigenvalue weighted by molar-refractivity contribution is -0.137. The van der Waals surface area contributed by atoms with Crippen molar-refractivity contribution in [2.45, 2.75) is 35.9 Å². The van der Waals surface area contributed by atoms with Crippen molar-refractivity contribution in [1.29, 1.82) is 0 Å². The Hall–Kier alpha value is -3.01. The van der Waals surface area contributed by atoms with E-state index in [-0.39, 0.29) is 12.2 Å². The number of alkyl halides is 3. The van der Waals surface area contributed by atoms with Crippen LogP contribution in [0.5, 0.6) is 0 Å². The van der Waals surface area contributed by atoms with Crippen LogP contribution in [-0.2, 0) is 12.7 Å². The van der Waals surface area contributed by atoms with Crippen LogP contribution in [-0.4, -0.2) is 14.1 Å². The fourth-order valence-electron chi connectivity index (χ4n) is 2.67. The van der Waals surface area contributed by atoms with Crippen LogP contribution >= 0.6 is 11.8 Å². The van der Waals surface area contributed by atoms with Gasteiger partial charge in [0.25, 0.3) is 0 Å². The molecule has 152 valence electrons. The number of aromatic amines is 1. The average molecular weight is 423 g/mol. The first-order valence-electron chi connectivity index (χ1n) is 8.62. The number of rotatable bonds is 5. The molecule has 6 nitrogen and oxygen atoms in total. The molecule has 0 fully saturated rings. The topological polar surface area (TPSA) is 76.9 Å². The van der Waals surface area contributed by atoms with E-state index < -0.39 is 28.8 Å². The zero-order valence-corrected chi connectivity index (χ0v) is 16.0. The molecule has 1 N–H and O–H groups in total. The Kier molecular flexibility index (Phi) is 5.83. The molecule has 3 aromatic rings. The Morgan fingerprint density at radius 2 is 1.45 bits per heavy atom. The minimum absolute atomic E-state index is 0.177. The molecule has 10 heteroatoms. The Bertz CT molecular complexity index is 1180. The van der Waals surface area contributed by atoms with Crippen LogP contribution in [0.15, 0.2) is 72.7 Å². The molecule has 0 aliphatic carbocycles. The highest BCUT2D eigenvalue weighted by molar-refractivity contribution is 7.99. The third-order valence-electron chi connectivity index (χ3n) is 4.04. The van der Waals surface area contributed by atoms with Crippen LogP contribution in [0.1, 0.15) is 18.9 Å². The maximum atomic E-state index is 12.6. The minimum atomic E-state index is -4.39. The van der Waals surface area contributed by atoms with Crippen molar-refractivity contribution >= 4 is 11.8 Å². The van der Waals surface area contributed by atoms with Crippen molar-refractivity contribution in [1.82, 2.24) is 14.1 Å². The van der Waals surface area contributed by atoms with Crippen molar-refractivity contribution in [3.05, 3.63) is 85.5 Å². The minimum Gasteiger partial charge on any atom is -0.258 e. The molecule has 0 spiro atoms. The Morgan fingerprint density at radius 1 is 0.897 bits per heavy atom. The molecule has 29 heavy (non-hydrogen) atoms. The maximum absolute atomic E-state index is 12.6. The molecule has 1 aromatic heterocycles. The van der Waals surface area contributed by atoms with E-state index in [0.717, 1.165) is 21.3 Å². The summed E-state index contributed by atoms with van der Waals surface area (Å²) in [4.78, 5) is 39.8. The first-order valence-corrected chi connectivity index (χ1v) is 9.44. The smallest absolute Gasteiger partial charge is 0.258 e. The zero-order chi connectivity index (χ0) is 21.2. The van der Waals surface area contributed by atoms with Crippen LogP contribution in [0.3, 0.4) is 0 Å². The predicted octanol–water partition coefficient (Wildman–Crippen LogP) is 3.27. The lowest BCUT2D eigenvalue weighted by Crippen LogP contribution is -2.48. The van der Waals surface area contributed by atoms with Gasteiger partial charge < -0.3 is 0 Å². The third-order valence-corrected chi connectivity index (χ3v) is 5.06. The number of H-pyrrole nitrogens is 1. The molecule has 1 heterocycles. The number of aromatic nitrogens is 3. The second-order valence-electron chi connectivity index (χ2n) is 6.12. The van der Waals surface area contributed by atoms with Gasteiger partial charge in [-0.1, -0.05) is 18.7 Å². The summed E-state index contributed by atoms with van der Waals surface area (Å²) < 4.78 is 39.7. The summed E-state index contributed by atoms with van der Waals surface area (Å²) in [5.41, 5.74) is -2.78. The molecule has 0 bridgehead atoms. The molecule has 0 aliphatic rings. The van der Waals surface area contributed by atoms with Gasteiger partial charge in [-0.05, 0) is 55.0 Å². The second kappa shape index (κ2) is 8.16. The monoisotopic (exact) mass is 423 g/mol. The number of benzene rings is 2. The third kappa shape index (κ3) is 4.53. The molecular formula is C19H16F3N3O3S. The van der Waals surface area contributed by atoms with Crippen molar-refractivity contribution in [2.75, 3.05) is 0 Å². The lowest BCUT2D eigenvalue weighted by atomic mass is 10.2. The van der Waals surface area contributed by atoms with E-state index in [1.54, 1.807) is 19.1 Å². The number of nitrogens with one attached hydrogen (secondary N) is 1. The second-order valence-corrected chi connectivity index (χ2v) is 7.27. The van der Waals surface area contributed by atoms with Crippen molar-refractivity contribution in [2.24, 2.45) is 0 Å². The summed E-state index contributed by atoms with van der Waals surface area (Å²) in [6.45, 7) is 1.98. The zero-order valence-electron chi connectivity index (χ0n) is 15.2. The highest BCUT2D eigenvalue weighted by atomic mass is 32.2. The van der Waals surface area contributed by atoms with Gasteiger partial charge >= 0.3 is 23.2 Å². The molecule has 0 aliphatic heterocycles. The van der Waals surface area contributed by atoms with Gasteiger partial charge in [-0.2, -0.15) is 13.2 Å². The van der Waals surface area contributed by atoms with E-state index in [1.807, 2.05) is 0 Å². The van der Waals surface area contributed by atoms with E-state index in [1.165, 1.54) is 36.0 Å². The Morgan fingerprint density at radius 3 is 1.97 bits per heavy atom. The van der Waals surface area contributed by atoms with Crippen LogP contribution in [0.4, 0.5) is 13.2 Å². The van der Waals surface area contributed by atoms with Gasteiger partial charge in [0, 0.05) is 16.3 Å². The highest BCUT2D eigenvalue weighted by Gasteiger charge is 2.29. The van der Waals surface area contributed by atoms with E-state index >= 15 is 0 Å². The normalized spacial score (nSPS) is 11.6. The molecule has 2 aromatic carbocycles. The van der Waals surface area contributed by atoms with Crippen molar-refractivity contribution < 1.29 is 13.2 Å². The van der Waals surface area contributed by atoms with Gasteiger partial charge in [0.1, 0.15) is 0 Å². The van der Waals surface area contributed by atoms with Gasteiger partial charge in [-0.15, -0.1) is 0 Å². The summed E-state index contributed by atoms with van der Waals surface area (Å²) in [7, 11) is 0. The molecule has 0 amide bonds.